The first-order chi connectivity index (χ1) is 18.6. The molecule has 8 nitrogen and oxygen atoms in total. The van der Waals surface area contributed by atoms with Gasteiger partial charge in [-0.25, -0.2) is 12.8 Å². The van der Waals surface area contributed by atoms with Crippen molar-refractivity contribution in [3.63, 3.8) is 0 Å². The van der Waals surface area contributed by atoms with E-state index in [4.69, 9.17) is 16.3 Å². The highest BCUT2D eigenvalue weighted by molar-refractivity contribution is 7.92. The molecular formula is C28H31ClFN3O5S. The lowest BCUT2D eigenvalue weighted by Crippen LogP contribution is -2.52. The smallest absolute Gasteiger partial charge is 0.264 e. The number of ether oxygens (including phenoxy) is 1. The first-order valence-corrected chi connectivity index (χ1v) is 14.2. The van der Waals surface area contributed by atoms with Crippen LogP contribution in [0.3, 0.4) is 0 Å². The standard InChI is InChI=1S/C28H31ClFN3O5S/c1-4-26(28(35)31-5-2)32(18-20-11-14-22(38-3)15-12-20)27(34)19-33(21-13-16-25(30)24(29)17-21)39(36,37)23-9-7-6-8-10-23/h6-17,26H,4-5,18-19H2,1-3H3,(H,31,35)/t26-/m0/s1. The highest BCUT2D eigenvalue weighted by Crippen LogP contribution is 2.28. The fourth-order valence-corrected chi connectivity index (χ4v) is 5.63. The molecule has 0 aliphatic rings. The van der Waals surface area contributed by atoms with Crippen LogP contribution in [0.15, 0.2) is 77.7 Å². The van der Waals surface area contributed by atoms with Gasteiger partial charge in [-0.1, -0.05) is 48.9 Å². The van der Waals surface area contributed by atoms with E-state index >= 15 is 0 Å². The van der Waals surface area contributed by atoms with Crippen LogP contribution in [0.1, 0.15) is 25.8 Å². The van der Waals surface area contributed by atoms with Crippen molar-refractivity contribution in [2.75, 3.05) is 24.5 Å². The normalized spacial score (nSPS) is 11.9. The molecule has 0 radical (unpaired) electrons. The highest BCUT2D eigenvalue weighted by atomic mass is 35.5. The number of nitrogens with zero attached hydrogens (tertiary/aromatic N) is 2. The number of anilines is 1. The fraction of sp³-hybridized carbons (Fsp3) is 0.286. The maximum absolute atomic E-state index is 14.0. The summed E-state index contributed by atoms with van der Waals surface area (Å²) in [6, 6.07) is 17.1. The largest absolute Gasteiger partial charge is 0.497 e. The molecular weight excluding hydrogens is 545 g/mol. The van der Waals surface area contributed by atoms with Crippen LogP contribution in [0.5, 0.6) is 5.75 Å². The molecule has 208 valence electrons. The Hall–Kier alpha value is -3.63. The third-order valence-electron chi connectivity index (χ3n) is 6.05. The van der Waals surface area contributed by atoms with Crippen LogP contribution >= 0.6 is 11.6 Å². The number of rotatable bonds is 12. The number of carbonyl (C=O) groups is 2. The molecule has 39 heavy (non-hydrogen) atoms. The van der Waals surface area contributed by atoms with E-state index in [1.807, 2.05) is 0 Å². The summed E-state index contributed by atoms with van der Waals surface area (Å²) in [4.78, 5) is 28.1. The molecule has 0 saturated heterocycles. The number of nitrogens with one attached hydrogen (secondary N) is 1. The molecule has 0 saturated carbocycles. The molecule has 3 aromatic rings. The van der Waals surface area contributed by atoms with Crippen molar-refractivity contribution in [3.8, 4) is 5.75 Å². The number of hydrogen-bond acceptors (Lipinski definition) is 5. The topological polar surface area (TPSA) is 96.0 Å². The predicted octanol–water partition coefficient (Wildman–Crippen LogP) is 4.63. The Kier molecular flexibility index (Phi) is 10.3. The Bertz CT molecular complexity index is 1390. The third-order valence-corrected chi connectivity index (χ3v) is 8.13. The van der Waals surface area contributed by atoms with Gasteiger partial charge in [0.15, 0.2) is 0 Å². The zero-order chi connectivity index (χ0) is 28.6. The Morgan fingerprint density at radius 2 is 1.69 bits per heavy atom. The first kappa shape index (κ1) is 29.9. The molecule has 2 amide bonds. The molecule has 0 aliphatic carbocycles. The molecule has 0 heterocycles. The molecule has 3 aromatic carbocycles. The minimum Gasteiger partial charge on any atom is -0.497 e. The Balaban J connectivity index is 2.06. The van der Waals surface area contributed by atoms with Crippen molar-refractivity contribution >= 4 is 39.1 Å². The van der Waals surface area contributed by atoms with Gasteiger partial charge in [-0.05, 0) is 61.4 Å². The minimum atomic E-state index is -4.27. The van der Waals surface area contributed by atoms with Gasteiger partial charge in [0.1, 0.15) is 24.2 Å². The van der Waals surface area contributed by atoms with Crippen molar-refractivity contribution in [3.05, 3.63) is 89.2 Å². The monoisotopic (exact) mass is 575 g/mol. The van der Waals surface area contributed by atoms with Gasteiger partial charge in [0, 0.05) is 13.1 Å². The van der Waals surface area contributed by atoms with E-state index < -0.39 is 34.3 Å². The first-order valence-electron chi connectivity index (χ1n) is 12.3. The zero-order valence-electron chi connectivity index (χ0n) is 21.9. The molecule has 1 atom stereocenters. The number of methoxy groups -OCH3 is 1. The Morgan fingerprint density at radius 3 is 2.26 bits per heavy atom. The van der Waals surface area contributed by atoms with E-state index in [2.05, 4.69) is 5.32 Å². The Morgan fingerprint density at radius 1 is 1.03 bits per heavy atom. The second-order valence-corrected chi connectivity index (χ2v) is 10.9. The average Bonchev–Trinajstić information content (AvgIpc) is 2.94. The average molecular weight is 576 g/mol. The molecule has 0 fully saturated rings. The van der Waals surface area contributed by atoms with Crippen molar-refractivity contribution < 1.29 is 27.1 Å². The van der Waals surface area contributed by atoms with E-state index in [0.717, 1.165) is 16.4 Å². The summed E-state index contributed by atoms with van der Waals surface area (Å²) in [6.07, 6.45) is 0.293. The van der Waals surface area contributed by atoms with Crippen LogP contribution in [-0.2, 0) is 26.2 Å². The van der Waals surface area contributed by atoms with Gasteiger partial charge in [-0.2, -0.15) is 0 Å². The summed E-state index contributed by atoms with van der Waals surface area (Å²) in [5.41, 5.74) is 0.725. The van der Waals surface area contributed by atoms with E-state index in [0.29, 0.717) is 24.3 Å². The van der Waals surface area contributed by atoms with Crippen LogP contribution in [0.4, 0.5) is 10.1 Å². The summed E-state index contributed by atoms with van der Waals surface area (Å²) in [5, 5.41) is 2.45. The van der Waals surface area contributed by atoms with Crippen molar-refractivity contribution in [1.82, 2.24) is 10.2 Å². The van der Waals surface area contributed by atoms with Crippen molar-refractivity contribution in [1.29, 1.82) is 0 Å². The van der Waals surface area contributed by atoms with Crippen LogP contribution in [0.25, 0.3) is 0 Å². The lowest BCUT2D eigenvalue weighted by molar-refractivity contribution is -0.140. The molecule has 0 bridgehead atoms. The van der Waals surface area contributed by atoms with Gasteiger partial charge in [0.25, 0.3) is 10.0 Å². The quantitative estimate of drug-likeness (QED) is 0.340. The summed E-state index contributed by atoms with van der Waals surface area (Å²) < 4.78 is 47.5. The zero-order valence-corrected chi connectivity index (χ0v) is 23.5. The van der Waals surface area contributed by atoms with Crippen LogP contribution in [0.2, 0.25) is 5.02 Å². The molecule has 0 unspecified atom stereocenters. The third kappa shape index (κ3) is 7.27. The number of likely N-dealkylation sites (N-methyl/N-ethyl adjacent to an activating group) is 1. The maximum Gasteiger partial charge on any atom is 0.264 e. The van der Waals surface area contributed by atoms with Gasteiger partial charge in [-0.15, -0.1) is 0 Å². The van der Waals surface area contributed by atoms with Crippen molar-refractivity contribution in [2.45, 2.75) is 37.8 Å². The molecule has 0 aromatic heterocycles. The molecule has 3 rings (SSSR count). The summed E-state index contributed by atoms with van der Waals surface area (Å²) in [6.45, 7) is 3.30. The molecule has 0 spiro atoms. The van der Waals surface area contributed by atoms with Crippen LogP contribution in [-0.4, -0.2) is 51.4 Å². The summed E-state index contributed by atoms with van der Waals surface area (Å²) in [5.74, 6) is -1.08. The number of benzene rings is 3. The number of carbonyl (C=O) groups excluding carboxylic acids is 2. The predicted molar refractivity (Wildman–Crippen MR) is 149 cm³/mol. The molecule has 0 aliphatic heterocycles. The van der Waals surface area contributed by atoms with Crippen LogP contribution < -0.4 is 14.4 Å². The van der Waals surface area contributed by atoms with Gasteiger partial charge >= 0.3 is 0 Å². The highest BCUT2D eigenvalue weighted by Gasteiger charge is 2.33. The summed E-state index contributed by atoms with van der Waals surface area (Å²) in [7, 11) is -2.73. The van der Waals surface area contributed by atoms with Gasteiger partial charge in [0.2, 0.25) is 11.8 Å². The Labute approximate surface area is 233 Å². The molecule has 1 N–H and O–H groups in total. The van der Waals surface area contributed by atoms with Gasteiger partial charge < -0.3 is 15.0 Å². The molecule has 11 heteroatoms. The summed E-state index contributed by atoms with van der Waals surface area (Å²) >= 11 is 5.98. The van der Waals surface area contributed by atoms with Crippen molar-refractivity contribution in [2.24, 2.45) is 0 Å². The maximum atomic E-state index is 14.0. The lowest BCUT2D eigenvalue weighted by Gasteiger charge is -2.33. The number of amides is 2. The van der Waals surface area contributed by atoms with Crippen LogP contribution in [0, 0.1) is 5.82 Å². The van der Waals surface area contributed by atoms with Gasteiger partial charge in [0.05, 0.1) is 22.7 Å². The van der Waals surface area contributed by atoms with E-state index in [1.54, 1.807) is 56.3 Å². The van der Waals surface area contributed by atoms with E-state index in [1.165, 1.54) is 30.2 Å². The minimum absolute atomic E-state index is 0.00839. The number of halogens is 2. The second kappa shape index (κ2) is 13.4. The number of sulfonamides is 1. The van der Waals surface area contributed by atoms with E-state index in [9.17, 15) is 22.4 Å². The number of hydrogen-bond donors (Lipinski definition) is 1. The second-order valence-electron chi connectivity index (χ2n) is 8.61. The SMILES string of the molecule is CCNC(=O)[C@H](CC)N(Cc1ccc(OC)cc1)C(=O)CN(c1ccc(F)c(Cl)c1)S(=O)(=O)c1ccccc1. The lowest BCUT2D eigenvalue weighted by atomic mass is 10.1. The fourth-order valence-electron chi connectivity index (χ4n) is 4.03. The van der Waals surface area contributed by atoms with Gasteiger partial charge in [-0.3, -0.25) is 13.9 Å². The van der Waals surface area contributed by atoms with E-state index in [-0.39, 0.29) is 28.1 Å².